The molecule has 34 heavy (non-hydrogen) atoms. The van der Waals surface area contributed by atoms with Crippen molar-refractivity contribution in [1.29, 1.82) is 0 Å². The fourth-order valence-electron chi connectivity index (χ4n) is 4.28. The molecule has 0 saturated carbocycles. The zero-order chi connectivity index (χ0) is 24.0. The summed E-state index contributed by atoms with van der Waals surface area (Å²) in [6.07, 6.45) is 4.08. The van der Waals surface area contributed by atoms with Crippen LogP contribution in [0.3, 0.4) is 0 Å². The number of hydrogen-bond acceptors (Lipinski definition) is 5. The molecule has 0 saturated heterocycles. The third-order valence-corrected chi connectivity index (χ3v) is 6.48. The lowest BCUT2D eigenvalue weighted by atomic mass is 9.97. The van der Waals surface area contributed by atoms with Crippen LogP contribution in [-0.4, -0.2) is 34.1 Å². The summed E-state index contributed by atoms with van der Waals surface area (Å²) in [6.45, 7) is 0. The number of rotatable bonds is 4. The molecule has 2 atom stereocenters. The van der Waals surface area contributed by atoms with Crippen molar-refractivity contribution in [2.75, 3.05) is 5.32 Å². The van der Waals surface area contributed by atoms with E-state index in [9.17, 15) is 19.2 Å². The van der Waals surface area contributed by atoms with Gasteiger partial charge in [-0.25, -0.2) is 4.98 Å². The molecule has 0 fully saturated rings. The number of benzene rings is 2. The summed E-state index contributed by atoms with van der Waals surface area (Å²) >= 11 is 12.1. The number of alkyl halides is 1. The lowest BCUT2D eigenvalue weighted by Gasteiger charge is -2.16. The number of hydrogen-bond donors (Lipinski definition) is 1. The largest absolute Gasteiger partial charge is 0.320 e. The van der Waals surface area contributed by atoms with Crippen molar-refractivity contribution in [3.63, 3.8) is 0 Å². The number of nitrogens with one attached hydrogen (secondary N) is 1. The first-order chi connectivity index (χ1) is 16.4. The Bertz CT molecular complexity index is 1470. The smallest absolute Gasteiger partial charge is 0.256 e. The normalized spacial score (nSPS) is 19.5. The number of aldehydes is 1. The van der Waals surface area contributed by atoms with Crippen molar-refractivity contribution >= 4 is 63.6 Å². The molecule has 6 nitrogen and oxygen atoms in total. The zero-order valence-corrected chi connectivity index (χ0v) is 19.1. The van der Waals surface area contributed by atoms with Crippen molar-refractivity contribution < 1.29 is 19.2 Å². The Labute approximate surface area is 204 Å². The van der Waals surface area contributed by atoms with E-state index in [1.165, 1.54) is 12.1 Å². The number of nitrogens with zero attached hydrogens (tertiary/aromatic N) is 1. The van der Waals surface area contributed by atoms with E-state index in [-0.39, 0.29) is 40.2 Å². The van der Waals surface area contributed by atoms with E-state index >= 15 is 0 Å². The van der Waals surface area contributed by atoms with Crippen LogP contribution in [-0.2, 0) is 9.59 Å². The Morgan fingerprint density at radius 1 is 1.06 bits per heavy atom. The number of halogens is 2. The van der Waals surface area contributed by atoms with Crippen LogP contribution in [0.15, 0.2) is 71.8 Å². The topological polar surface area (TPSA) is 93.2 Å². The molecule has 0 bridgehead atoms. The predicted octanol–water partition coefficient (Wildman–Crippen LogP) is 5.05. The quantitative estimate of drug-likeness (QED) is 0.313. The first-order valence-electron chi connectivity index (χ1n) is 10.5. The van der Waals surface area contributed by atoms with Crippen LogP contribution in [0.4, 0.5) is 5.69 Å². The van der Waals surface area contributed by atoms with Crippen molar-refractivity contribution in [2.24, 2.45) is 0 Å². The van der Waals surface area contributed by atoms with E-state index in [1.54, 1.807) is 42.5 Å². The highest BCUT2D eigenvalue weighted by molar-refractivity contribution is 6.34. The van der Waals surface area contributed by atoms with Crippen molar-refractivity contribution in [1.82, 2.24) is 4.98 Å². The second-order valence-electron chi connectivity index (χ2n) is 8.05. The summed E-state index contributed by atoms with van der Waals surface area (Å²) < 4.78 is 0. The monoisotopic (exact) mass is 490 g/mol. The minimum Gasteiger partial charge on any atom is -0.320 e. The molecule has 5 rings (SSSR count). The standard InChI is InChI=1S/C26H16Cl2N2O4/c27-15-5-7-17(14(10-15)12-31)26(34)30-21-3-1-2-13-4-9-20(29-23(13)21)22-24(32)18-8-6-16(28)11-19(18)25(22)33/h1-9,11-12,15,22H,10H2,(H,30,34). The van der Waals surface area contributed by atoms with Gasteiger partial charge >= 0.3 is 0 Å². The Hall–Kier alpha value is -3.61. The van der Waals surface area contributed by atoms with E-state index in [0.29, 0.717) is 39.0 Å². The van der Waals surface area contributed by atoms with Gasteiger partial charge < -0.3 is 5.32 Å². The van der Waals surface area contributed by atoms with Gasteiger partial charge in [-0.2, -0.15) is 0 Å². The second kappa shape index (κ2) is 8.63. The van der Waals surface area contributed by atoms with Crippen LogP contribution >= 0.6 is 23.2 Å². The molecule has 168 valence electrons. The van der Waals surface area contributed by atoms with Gasteiger partial charge in [-0.15, -0.1) is 11.6 Å². The number of anilines is 1. The van der Waals surface area contributed by atoms with E-state index in [1.807, 2.05) is 6.07 Å². The number of ketones is 2. The maximum atomic E-state index is 13.0. The van der Waals surface area contributed by atoms with Crippen LogP contribution in [0.25, 0.3) is 10.9 Å². The second-order valence-corrected chi connectivity index (χ2v) is 9.05. The number of Topliss-reactive ketones (excluding diaryl/α,β-unsaturated/α-hetero) is 2. The van der Waals surface area contributed by atoms with Gasteiger partial charge in [-0.05, 0) is 36.8 Å². The maximum absolute atomic E-state index is 13.0. The molecule has 0 radical (unpaired) electrons. The molecule has 0 spiro atoms. The van der Waals surface area contributed by atoms with Crippen LogP contribution < -0.4 is 5.32 Å². The molecular formula is C26H16Cl2N2O4. The Balaban J connectivity index is 1.52. The third kappa shape index (κ3) is 3.75. The van der Waals surface area contributed by atoms with E-state index < -0.39 is 11.8 Å². The molecule has 2 aromatic carbocycles. The molecule has 1 N–H and O–H groups in total. The number of allylic oxidation sites excluding steroid dienone is 2. The summed E-state index contributed by atoms with van der Waals surface area (Å²) in [5.74, 6) is -2.25. The molecule has 1 amide bonds. The fraction of sp³-hybridized carbons (Fsp3) is 0.115. The van der Waals surface area contributed by atoms with Gasteiger partial charge in [0, 0.05) is 32.7 Å². The van der Waals surface area contributed by atoms with Crippen molar-refractivity contribution in [2.45, 2.75) is 17.7 Å². The van der Waals surface area contributed by atoms with E-state index in [0.717, 1.165) is 0 Å². The first-order valence-corrected chi connectivity index (χ1v) is 11.3. The Morgan fingerprint density at radius 2 is 1.85 bits per heavy atom. The SMILES string of the molecule is O=CC1=C(C(=O)Nc2cccc3ccc(C4C(=O)c5ccc(Cl)cc5C4=O)nc23)C=CC(Cl)C1. The summed E-state index contributed by atoms with van der Waals surface area (Å²) in [6, 6.07) is 13.2. The summed E-state index contributed by atoms with van der Waals surface area (Å²) in [4.78, 5) is 55.0. The third-order valence-electron chi connectivity index (χ3n) is 5.94. The Morgan fingerprint density at radius 3 is 2.65 bits per heavy atom. The zero-order valence-electron chi connectivity index (χ0n) is 17.5. The molecule has 3 aromatic rings. The highest BCUT2D eigenvalue weighted by Crippen LogP contribution is 2.36. The number of fused-ring (bicyclic) bond motifs is 2. The van der Waals surface area contributed by atoms with Crippen molar-refractivity contribution in [3.8, 4) is 0 Å². The fourth-order valence-corrected chi connectivity index (χ4v) is 4.69. The van der Waals surface area contributed by atoms with Gasteiger partial charge in [-0.1, -0.05) is 42.0 Å². The van der Waals surface area contributed by atoms with E-state index in [2.05, 4.69) is 10.3 Å². The molecule has 0 aliphatic heterocycles. The molecule has 8 heteroatoms. The number of aromatic nitrogens is 1. The molecule has 2 aliphatic rings. The summed E-state index contributed by atoms with van der Waals surface area (Å²) in [5, 5.41) is 3.54. The minimum absolute atomic E-state index is 0.230. The summed E-state index contributed by atoms with van der Waals surface area (Å²) in [5.41, 5.74) is 2.24. The molecule has 2 aliphatic carbocycles. The lowest BCUT2D eigenvalue weighted by molar-refractivity contribution is -0.113. The highest BCUT2D eigenvalue weighted by Gasteiger charge is 2.40. The van der Waals surface area contributed by atoms with E-state index in [4.69, 9.17) is 23.2 Å². The average Bonchev–Trinajstić information content (AvgIpc) is 3.08. The number of amides is 1. The maximum Gasteiger partial charge on any atom is 0.256 e. The Kier molecular flexibility index (Phi) is 5.63. The molecular weight excluding hydrogens is 475 g/mol. The van der Waals surface area contributed by atoms with Gasteiger partial charge in [0.2, 0.25) is 0 Å². The predicted molar refractivity (Wildman–Crippen MR) is 130 cm³/mol. The van der Waals surface area contributed by atoms with Gasteiger partial charge in [0.15, 0.2) is 11.6 Å². The highest BCUT2D eigenvalue weighted by atomic mass is 35.5. The number of para-hydroxylation sites is 1. The molecule has 1 heterocycles. The summed E-state index contributed by atoms with van der Waals surface area (Å²) in [7, 11) is 0. The number of carbonyl (C=O) groups excluding carboxylic acids is 4. The number of carbonyl (C=O) groups is 4. The van der Waals surface area contributed by atoms with Crippen LogP contribution in [0.2, 0.25) is 5.02 Å². The van der Waals surface area contributed by atoms with Gasteiger partial charge in [-0.3, -0.25) is 19.2 Å². The van der Waals surface area contributed by atoms with Gasteiger partial charge in [0.25, 0.3) is 5.91 Å². The number of pyridine rings is 1. The molecule has 1 aromatic heterocycles. The lowest BCUT2D eigenvalue weighted by Crippen LogP contribution is -2.19. The molecule has 2 unspecified atom stereocenters. The average molecular weight is 491 g/mol. The van der Waals surface area contributed by atoms with Crippen LogP contribution in [0, 0.1) is 0 Å². The van der Waals surface area contributed by atoms with Gasteiger partial charge in [0.05, 0.1) is 22.3 Å². The first kappa shape index (κ1) is 22.2. The van der Waals surface area contributed by atoms with Gasteiger partial charge in [0.1, 0.15) is 12.2 Å². The van der Waals surface area contributed by atoms with Crippen LogP contribution in [0.5, 0.6) is 0 Å². The minimum atomic E-state index is -1.08. The van der Waals surface area contributed by atoms with Crippen molar-refractivity contribution in [3.05, 3.63) is 93.7 Å². The van der Waals surface area contributed by atoms with Crippen LogP contribution in [0.1, 0.15) is 38.7 Å².